The Balaban J connectivity index is 2.18. The number of carboxylic acid groups (broad SMARTS) is 1. The number of carbonyl (C=O) groups excluding carboxylic acids is 1. The molecule has 0 spiro atoms. The Kier molecular flexibility index (Phi) is 4.37. The van der Waals surface area contributed by atoms with E-state index in [1.807, 2.05) is 6.92 Å². The predicted octanol–water partition coefficient (Wildman–Crippen LogP) is 3.03. The van der Waals surface area contributed by atoms with Crippen molar-refractivity contribution in [3.8, 4) is 0 Å². The Bertz CT molecular complexity index is 737. The van der Waals surface area contributed by atoms with Crippen molar-refractivity contribution in [2.45, 2.75) is 26.3 Å². The van der Waals surface area contributed by atoms with Gasteiger partial charge >= 0.3 is 5.97 Å². The molecule has 0 aliphatic heterocycles. The monoisotopic (exact) mass is 365 g/mol. The lowest BCUT2D eigenvalue weighted by atomic mass is 10.1. The van der Waals surface area contributed by atoms with E-state index in [0.717, 1.165) is 10.0 Å². The Labute approximate surface area is 136 Å². The molecular weight excluding hydrogens is 350 g/mol. The van der Waals surface area contributed by atoms with Crippen LogP contribution in [0.4, 0.5) is 5.69 Å². The number of aromatic nitrogens is 2. The zero-order valence-corrected chi connectivity index (χ0v) is 14.0. The molecule has 0 aliphatic rings. The van der Waals surface area contributed by atoms with Crippen LogP contribution in [0.3, 0.4) is 0 Å². The minimum atomic E-state index is -1.18. The van der Waals surface area contributed by atoms with Crippen LogP contribution >= 0.6 is 15.9 Å². The summed E-state index contributed by atoms with van der Waals surface area (Å²) in [5.41, 5.74) is 0.734. The Hall–Kier alpha value is -2.15. The summed E-state index contributed by atoms with van der Waals surface area (Å²) < 4.78 is 2.23. The lowest BCUT2D eigenvalue weighted by Crippen LogP contribution is -2.35. The number of hydrogen-bond donors (Lipinski definition) is 2. The first-order valence-electron chi connectivity index (χ1n) is 6.58. The van der Waals surface area contributed by atoms with Gasteiger partial charge in [-0.2, -0.15) is 5.10 Å². The van der Waals surface area contributed by atoms with E-state index in [2.05, 4.69) is 26.3 Å². The average Bonchev–Trinajstić information content (AvgIpc) is 2.90. The number of aliphatic carboxylic acids is 1. The van der Waals surface area contributed by atoms with E-state index in [1.165, 1.54) is 30.9 Å². The first-order chi connectivity index (χ1) is 10.2. The highest BCUT2D eigenvalue weighted by Crippen LogP contribution is 2.20. The van der Waals surface area contributed by atoms with E-state index < -0.39 is 11.5 Å². The normalized spacial score (nSPS) is 11.3. The third kappa shape index (κ3) is 3.19. The average molecular weight is 366 g/mol. The number of nitrogens with one attached hydrogen (secondary N) is 1. The number of rotatable bonds is 4. The van der Waals surface area contributed by atoms with Crippen LogP contribution in [0, 0.1) is 6.92 Å². The summed E-state index contributed by atoms with van der Waals surface area (Å²) in [7, 11) is 0. The van der Waals surface area contributed by atoms with Gasteiger partial charge in [0.25, 0.3) is 5.91 Å². The number of anilines is 1. The molecule has 2 rings (SSSR count). The number of benzene rings is 1. The summed E-state index contributed by atoms with van der Waals surface area (Å²) in [4.78, 5) is 23.4. The highest BCUT2D eigenvalue weighted by molar-refractivity contribution is 9.10. The molecule has 1 amide bonds. The van der Waals surface area contributed by atoms with Crippen LogP contribution < -0.4 is 5.32 Å². The molecule has 0 atom stereocenters. The maximum atomic E-state index is 12.2. The van der Waals surface area contributed by atoms with Crippen molar-refractivity contribution in [2.75, 3.05) is 5.32 Å². The molecule has 0 unspecified atom stereocenters. The molecule has 2 aromatic rings. The number of amides is 1. The summed E-state index contributed by atoms with van der Waals surface area (Å²) in [6, 6.07) is 5.28. The van der Waals surface area contributed by atoms with Crippen LogP contribution in [-0.4, -0.2) is 26.8 Å². The number of carbonyl (C=O) groups is 2. The Morgan fingerprint density at radius 3 is 2.64 bits per heavy atom. The zero-order chi connectivity index (χ0) is 16.5. The van der Waals surface area contributed by atoms with E-state index >= 15 is 0 Å². The molecule has 6 nitrogen and oxygen atoms in total. The van der Waals surface area contributed by atoms with Crippen LogP contribution in [0.1, 0.15) is 29.8 Å². The van der Waals surface area contributed by atoms with Crippen molar-refractivity contribution in [3.05, 3.63) is 46.2 Å². The van der Waals surface area contributed by atoms with E-state index in [0.29, 0.717) is 11.3 Å². The van der Waals surface area contributed by atoms with Crippen molar-refractivity contribution in [2.24, 2.45) is 0 Å². The minimum Gasteiger partial charge on any atom is -0.479 e. The lowest BCUT2D eigenvalue weighted by molar-refractivity contribution is -0.146. The van der Waals surface area contributed by atoms with E-state index in [1.54, 1.807) is 18.2 Å². The second-order valence-electron chi connectivity index (χ2n) is 5.46. The van der Waals surface area contributed by atoms with Crippen LogP contribution in [0.25, 0.3) is 0 Å². The van der Waals surface area contributed by atoms with Gasteiger partial charge in [0.1, 0.15) is 0 Å². The molecular formula is C15H16BrN3O3. The molecule has 0 fully saturated rings. The topological polar surface area (TPSA) is 84.2 Å². The first kappa shape index (κ1) is 16.2. The van der Waals surface area contributed by atoms with Crippen molar-refractivity contribution in [1.82, 2.24) is 9.78 Å². The van der Waals surface area contributed by atoms with Crippen LogP contribution in [0.5, 0.6) is 0 Å². The second-order valence-corrected chi connectivity index (χ2v) is 6.31. The maximum Gasteiger partial charge on any atom is 0.331 e. The van der Waals surface area contributed by atoms with Gasteiger partial charge in [0.15, 0.2) is 5.54 Å². The smallest absolute Gasteiger partial charge is 0.331 e. The third-order valence-electron chi connectivity index (χ3n) is 3.36. The van der Waals surface area contributed by atoms with Crippen LogP contribution in [-0.2, 0) is 10.3 Å². The number of carboxylic acids is 1. The fraction of sp³-hybridized carbons (Fsp3) is 0.267. The summed E-state index contributed by atoms with van der Waals surface area (Å²) in [6.07, 6.45) is 2.92. The fourth-order valence-corrected chi connectivity index (χ4v) is 2.03. The van der Waals surface area contributed by atoms with Crippen molar-refractivity contribution < 1.29 is 14.7 Å². The van der Waals surface area contributed by atoms with Gasteiger partial charge in [-0.3, -0.25) is 9.48 Å². The SMILES string of the molecule is Cc1cc(C(=O)Nc2cnn(C(C)(C)C(=O)O)c2)ccc1Br. The standard InChI is InChI=1S/C15H16BrN3O3/c1-9-6-10(4-5-12(9)16)13(20)18-11-7-17-19(8-11)15(2,3)14(21)22/h4-8H,1-3H3,(H,18,20)(H,21,22). The van der Waals surface area contributed by atoms with Gasteiger partial charge in [-0.15, -0.1) is 0 Å². The molecule has 1 aromatic carbocycles. The summed E-state index contributed by atoms with van der Waals surface area (Å²) in [6.45, 7) is 4.96. The molecule has 116 valence electrons. The zero-order valence-electron chi connectivity index (χ0n) is 12.4. The molecule has 7 heteroatoms. The van der Waals surface area contributed by atoms with E-state index in [9.17, 15) is 9.59 Å². The predicted molar refractivity (Wildman–Crippen MR) is 86.0 cm³/mol. The second kappa shape index (κ2) is 5.92. The van der Waals surface area contributed by atoms with Crippen LogP contribution in [0.15, 0.2) is 35.1 Å². The molecule has 0 saturated heterocycles. The molecule has 1 aromatic heterocycles. The van der Waals surface area contributed by atoms with Crippen LogP contribution in [0.2, 0.25) is 0 Å². The van der Waals surface area contributed by atoms with Gasteiger partial charge in [-0.05, 0) is 44.5 Å². The number of hydrogen-bond acceptors (Lipinski definition) is 3. The fourth-order valence-electron chi connectivity index (χ4n) is 1.78. The molecule has 0 aliphatic carbocycles. The third-order valence-corrected chi connectivity index (χ3v) is 4.25. The van der Waals surface area contributed by atoms with E-state index in [-0.39, 0.29) is 5.91 Å². The molecule has 0 saturated carbocycles. The van der Waals surface area contributed by atoms with Gasteiger partial charge < -0.3 is 10.4 Å². The Morgan fingerprint density at radius 2 is 2.05 bits per heavy atom. The van der Waals surface area contributed by atoms with Crippen molar-refractivity contribution in [3.63, 3.8) is 0 Å². The largest absolute Gasteiger partial charge is 0.479 e. The molecule has 1 heterocycles. The summed E-state index contributed by atoms with van der Waals surface area (Å²) >= 11 is 3.38. The van der Waals surface area contributed by atoms with Gasteiger partial charge in [-0.25, -0.2) is 4.79 Å². The maximum absolute atomic E-state index is 12.2. The highest BCUT2D eigenvalue weighted by atomic mass is 79.9. The van der Waals surface area contributed by atoms with Crippen molar-refractivity contribution >= 4 is 33.5 Å². The highest BCUT2D eigenvalue weighted by Gasteiger charge is 2.30. The molecule has 22 heavy (non-hydrogen) atoms. The van der Waals surface area contributed by atoms with Crippen molar-refractivity contribution in [1.29, 1.82) is 0 Å². The Morgan fingerprint density at radius 1 is 1.36 bits per heavy atom. The first-order valence-corrected chi connectivity index (χ1v) is 7.37. The molecule has 0 bridgehead atoms. The van der Waals surface area contributed by atoms with E-state index in [4.69, 9.17) is 5.11 Å². The molecule has 0 radical (unpaired) electrons. The minimum absolute atomic E-state index is 0.275. The molecule has 2 N–H and O–H groups in total. The van der Waals surface area contributed by atoms with Gasteiger partial charge in [0.2, 0.25) is 0 Å². The number of halogens is 1. The summed E-state index contributed by atoms with van der Waals surface area (Å²) in [5.74, 6) is -1.28. The van der Waals surface area contributed by atoms with Gasteiger partial charge in [-0.1, -0.05) is 15.9 Å². The quantitative estimate of drug-likeness (QED) is 0.871. The lowest BCUT2D eigenvalue weighted by Gasteiger charge is -2.19. The summed E-state index contributed by atoms with van der Waals surface area (Å²) in [5, 5.41) is 15.9. The number of aryl methyl sites for hydroxylation is 1. The van der Waals surface area contributed by atoms with Gasteiger partial charge in [0, 0.05) is 16.2 Å². The number of nitrogens with zero attached hydrogens (tertiary/aromatic N) is 2. The van der Waals surface area contributed by atoms with Gasteiger partial charge in [0.05, 0.1) is 11.9 Å².